The summed E-state index contributed by atoms with van der Waals surface area (Å²) in [5.74, 6) is 2.22. The van der Waals surface area contributed by atoms with Crippen molar-refractivity contribution in [3.63, 3.8) is 0 Å². The molecule has 1 heterocycles. The Labute approximate surface area is 160 Å². The molecule has 1 N–H and O–H groups in total. The topological polar surface area (TPSA) is 46.6 Å². The van der Waals surface area contributed by atoms with Crippen molar-refractivity contribution in [3.05, 3.63) is 54.1 Å². The standard InChI is InChI=1S/C22H27N3O2/c1-5-23-18-7-9-20-17(15-18)6-11-22(24-20)27-21-10-8-19(14-16(21)2)26-13-12-25(3)4/h6-11,14-15,23H,5,12-13H2,1-4H3. The molecular formula is C22H27N3O2. The van der Waals surface area contributed by atoms with Crippen molar-refractivity contribution in [2.75, 3.05) is 39.1 Å². The molecule has 3 rings (SSSR count). The van der Waals surface area contributed by atoms with Crippen LogP contribution < -0.4 is 14.8 Å². The van der Waals surface area contributed by atoms with Gasteiger partial charge >= 0.3 is 0 Å². The summed E-state index contributed by atoms with van der Waals surface area (Å²) < 4.78 is 11.8. The normalized spacial score (nSPS) is 11.0. The van der Waals surface area contributed by atoms with E-state index in [1.807, 2.05) is 63.5 Å². The number of ether oxygens (including phenoxy) is 2. The van der Waals surface area contributed by atoms with Gasteiger partial charge in [0.2, 0.25) is 5.88 Å². The average Bonchev–Trinajstić information content (AvgIpc) is 2.64. The van der Waals surface area contributed by atoms with Gasteiger partial charge in [-0.3, -0.25) is 0 Å². The van der Waals surface area contributed by atoms with Gasteiger partial charge in [0.15, 0.2) is 0 Å². The van der Waals surface area contributed by atoms with E-state index < -0.39 is 0 Å². The molecule has 0 spiro atoms. The van der Waals surface area contributed by atoms with Crippen molar-refractivity contribution in [3.8, 4) is 17.4 Å². The number of anilines is 1. The Bertz CT molecular complexity index is 909. The highest BCUT2D eigenvalue weighted by Crippen LogP contribution is 2.29. The first kappa shape index (κ1) is 19.0. The second-order valence-electron chi connectivity index (χ2n) is 6.77. The number of nitrogens with zero attached hydrogens (tertiary/aromatic N) is 2. The first-order valence-electron chi connectivity index (χ1n) is 9.26. The summed E-state index contributed by atoms with van der Waals surface area (Å²) in [6.45, 7) is 6.54. The molecular weight excluding hydrogens is 338 g/mol. The molecule has 142 valence electrons. The predicted molar refractivity (Wildman–Crippen MR) is 111 cm³/mol. The number of rotatable bonds is 8. The SMILES string of the molecule is CCNc1ccc2nc(Oc3ccc(OCCN(C)C)cc3C)ccc2c1. The van der Waals surface area contributed by atoms with Crippen molar-refractivity contribution in [2.24, 2.45) is 0 Å². The number of hydrogen-bond acceptors (Lipinski definition) is 5. The minimum atomic E-state index is 0.586. The van der Waals surface area contributed by atoms with Gasteiger partial charge in [-0.1, -0.05) is 0 Å². The number of nitrogens with one attached hydrogen (secondary N) is 1. The number of likely N-dealkylation sites (N-methyl/N-ethyl adjacent to an activating group) is 1. The van der Waals surface area contributed by atoms with Gasteiger partial charge in [-0.2, -0.15) is 0 Å². The molecule has 0 aliphatic carbocycles. The van der Waals surface area contributed by atoms with E-state index in [1.54, 1.807) is 0 Å². The first-order chi connectivity index (χ1) is 13.0. The largest absolute Gasteiger partial charge is 0.492 e. The van der Waals surface area contributed by atoms with Crippen molar-refractivity contribution >= 4 is 16.6 Å². The minimum Gasteiger partial charge on any atom is -0.492 e. The molecule has 27 heavy (non-hydrogen) atoms. The zero-order chi connectivity index (χ0) is 19.2. The summed E-state index contributed by atoms with van der Waals surface area (Å²) >= 11 is 0. The van der Waals surface area contributed by atoms with Crippen molar-refractivity contribution in [2.45, 2.75) is 13.8 Å². The third kappa shape index (κ3) is 5.11. The molecule has 1 aromatic heterocycles. The lowest BCUT2D eigenvalue weighted by Crippen LogP contribution is -2.19. The maximum atomic E-state index is 6.00. The van der Waals surface area contributed by atoms with Crippen molar-refractivity contribution < 1.29 is 9.47 Å². The molecule has 0 amide bonds. The lowest BCUT2D eigenvalue weighted by Gasteiger charge is -2.13. The lowest BCUT2D eigenvalue weighted by atomic mass is 10.2. The quantitative estimate of drug-likeness (QED) is 0.626. The molecule has 3 aromatic rings. The molecule has 0 aliphatic rings. The average molecular weight is 365 g/mol. The van der Waals surface area contributed by atoms with Crippen molar-refractivity contribution in [1.29, 1.82) is 0 Å². The van der Waals surface area contributed by atoms with E-state index in [-0.39, 0.29) is 0 Å². The Kier molecular flexibility index (Phi) is 6.14. The van der Waals surface area contributed by atoms with Crippen LogP contribution in [0.25, 0.3) is 10.9 Å². The van der Waals surface area contributed by atoms with Crippen LogP contribution in [-0.2, 0) is 0 Å². The summed E-state index contributed by atoms with van der Waals surface area (Å²) in [6, 6.07) is 15.9. The molecule has 0 saturated carbocycles. The van der Waals surface area contributed by atoms with Gasteiger partial charge in [0, 0.05) is 30.2 Å². The fourth-order valence-corrected chi connectivity index (χ4v) is 2.76. The molecule has 2 aromatic carbocycles. The summed E-state index contributed by atoms with van der Waals surface area (Å²) in [7, 11) is 4.06. The van der Waals surface area contributed by atoms with Crippen LogP contribution >= 0.6 is 0 Å². The van der Waals surface area contributed by atoms with Gasteiger partial charge in [-0.05, 0) is 76.0 Å². The molecule has 0 bridgehead atoms. The number of aromatic nitrogens is 1. The highest BCUT2D eigenvalue weighted by atomic mass is 16.5. The van der Waals surface area contributed by atoms with E-state index in [4.69, 9.17) is 9.47 Å². The van der Waals surface area contributed by atoms with Crippen LogP contribution in [-0.4, -0.2) is 43.7 Å². The van der Waals surface area contributed by atoms with Crippen LogP contribution in [0, 0.1) is 6.92 Å². The van der Waals surface area contributed by atoms with E-state index in [0.29, 0.717) is 12.5 Å². The third-order valence-corrected chi connectivity index (χ3v) is 4.21. The Morgan fingerprint density at radius 1 is 1.04 bits per heavy atom. The summed E-state index contributed by atoms with van der Waals surface area (Å²) in [5, 5.41) is 4.40. The maximum absolute atomic E-state index is 6.00. The molecule has 5 heteroatoms. The van der Waals surface area contributed by atoms with Gasteiger partial charge in [-0.25, -0.2) is 4.98 Å². The van der Waals surface area contributed by atoms with E-state index in [9.17, 15) is 0 Å². The second kappa shape index (κ2) is 8.73. The Morgan fingerprint density at radius 3 is 2.63 bits per heavy atom. The number of benzene rings is 2. The van der Waals surface area contributed by atoms with E-state index in [0.717, 1.165) is 46.7 Å². The van der Waals surface area contributed by atoms with E-state index in [1.165, 1.54) is 0 Å². The molecule has 0 aliphatic heterocycles. The fourth-order valence-electron chi connectivity index (χ4n) is 2.76. The molecule has 0 fully saturated rings. The Morgan fingerprint density at radius 2 is 1.89 bits per heavy atom. The zero-order valence-corrected chi connectivity index (χ0v) is 16.5. The highest BCUT2D eigenvalue weighted by molar-refractivity contribution is 5.82. The smallest absolute Gasteiger partial charge is 0.219 e. The highest BCUT2D eigenvalue weighted by Gasteiger charge is 2.06. The predicted octanol–water partition coefficient (Wildman–Crippen LogP) is 4.71. The Balaban J connectivity index is 1.71. The molecule has 0 saturated heterocycles. The molecule has 0 unspecified atom stereocenters. The van der Waals surface area contributed by atoms with Gasteiger partial charge < -0.3 is 19.7 Å². The van der Waals surface area contributed by atoms with Crippen molar-refractivity contribution in [1.82, 2.24) is 9.88 Å². The first-order valence-corrected chi connectivity index (χ1v) is 9.26. The minimum absolute atomic E-state index is 0.586. The van der Waals surface area contributed by atoms with Crippen LogP contribution in [0.5, 0.6) is 17.4 Å². The van der Waals surface area contributed by atoms with E-state index >= 15 is 0 Å². The van der Waals surface area contributed by atoms with Gasteiger partial charge in [-0.15, -0.1) is 0 Å². The van der Waals surface area contributed by atoms with Gasteiger partial charge in [0.1, 0.15) is 18.1 Å². The molecule has 5 nitrogen and oxygen atoms in total. The van der Waals surface area contributed by atoms with Gasteiger partial charge in [0.05, 0.1) is 5.52 Å². The third-order valence-electron chi connectivity index (χ3n) is 4.21. The number of hydrogen-bond donors (Lipinski definition) is 1. The van der Waals surface area contributed by atoms with Crippen LogP contribution in [0.15, 0.2) is 48.5 Å². The Hall–Kier alpha value is -2.79. The van der Waals surface area contributed by atoms with E-state index in [2.05, 4.69) is 28.2 Å². The maximum Gasteiger partial charge on any atom is 0.219 e. The number of aryl methyl sites for hydroxylation is 1. The molecule has 0 radical (unpaired) electrons. The van der Waals surface area contributed by atoms with Crippen LogP contribution in [0.2, 0.25) is 0 Å². The summed E-state index contributed by atoms with van der Waals surface area (Å²) in [6.07, 6.45) is 0. The monoisotopic (exact) mass is 365 g/mol. The molecule has 0 atom stereocenters. The van der Waals surface area contributed by atoms with Crippen LogP contribution in [0.3, 0.4) is 0 Å². The fraction of sp³-hybridized carbons (Fsp3) is 0.318. The summed E-state index contributed by atoms with van der Waals surface area (Å²) in [5.41, 5.74) is 3.03. The zero-order valence-electron chi connectivity index (χ0n) is 16.5. The number of pyridine rings is 1. The lowest BCUT2D eigenvalue weighted by molar-refractivity contribution is 0.261. The second-order valence-corrected chi connectivity index (χ2v) is 6.77. The van der Waals surface area contributed by atoms with Crippen LogP contribution in [0.4, 0.5) is 5.69 Å². The summed E-state index contributed by atoms with van der Waals surface area (Å²) in [4.78, 5) is 6.71. The van der Waals surface area contributed by atoms with Crippen LogP contribution in [0.1, 0.15) is 12.5 Å². The van der Waals surface area contributed by atoms with Gasteiger partial charge in [0.25, 0.3) is 0 Å². The number of fused-ring (bicyclic) bond motifs is 1.